The van der Waals surface area contributed by atoms with Crippen molar-refractivity contribution in [1.29, 1.82) is 0 Å². The molecule has 0 rings (SSSR count). The Morgan fingerprint density at radius 2 is 1.74 bits per heavy atom. The third-order valence-corrected chi connectivity index (χ3v) is 2.45. The number of hydrogen-bond donors (Lipinski definition) is 1. The molecule has 0 fully saturated rings. The van der Waals surface area contributed by atoms with Crippen molar-refractivity contribution < 1.29 is 19.0 Å². The summed E-state index contributed by atoms with van der Waals surface area (Å²) >= 11 is 0. The quantitative estimate of drug-likeness (QED) is 0.513. The van der Waals surface area contributed by atoms with Gasteiger partial charge in [0.2, 0.25) is 0 Å². The predicted molar refractivity (Wildman–Crippen MR) is 75.2 cm³/mol. The molecule has 0 aromatic heterocycles. The van der Waals surface area contributed by atoms with Crippen LogP contribution in [0.2, 0.25) is 0 Å². The number of likely N-dealkylation sites (N-methyl/N-ethyl adjacent to an activating group) is 1. The predicted octanol–water partition coefficient (Wildman–Crippen LogP) is 1.75. The zero-order valence-electron chi connectivity index (χ0n) is 13.2. The first-order valence-electron chi connectivity index (χ1n) is 6.89. The summed E-state index contributed by atoms with van der Waals surface area (Å²) < 4.78 is 16.1. The molecule has 0 spiro atoms. The molecule has 0 heterocycles. The van der Waals surface area contributed by atoms with Crippen molar-refractivity contribution in [2.45, 2.75) is 52.7 Å². The molecule has 5 nitrogen and oxygen atoms in total. The van der Waals surface area contributed by atoms with Gasteiger partial charge in [-0.2, -0.15) is 0 Å². The van der Waals surface area contributed by atoms with E-state index in [0.717, 1.165) is 0 Å². The lowest BCUT2D eigenvalue weighted by molar-refractivity contribution is -0.153. The fraction of sp³-hybridized carbons (Fsp3) is 0.929. The van der Waals surface area contributed by atoms with Crippen LogP contribution in [-0.2, 0) is 19.0 Å². The lowest BCUT2D eigenvalue weighted by Crippen LogP contribution is -2.54. The number of esters is 1. The average molecular weight is 275 g/mol. The normalized spacial score (nSPS) is 15.1. The first-order chi connectivity index (χ1) is 8.75. The van der Waals surface area contributed by atoms with E-state index < -0.39 is 5.54 Å². The van der Waals surface area contributed by atoms with Gasteiger partial charge in [0.05, 0.1) is 32.0 Å². The maximum atomic E-state index is 11.9. The molecule has 19 heavy (non-hydrogen) atoms. The third-order valence-electron chi connectivity index (χ3n) is 2.45. The lowest BCUT2D eigenvalue weighted by atomic mass is 10.0. The van der Waals surface area contributed by atoms with Gasteiger partial charge < -0.3 is 19.5 Å². The molecule has 0 saturated heterocycles. The first-order valence-corrected chi connectivity index (χ1v) is 6.89. The number of ether oxygens (including phenoxy) is 3. The molecule has 0 amide bonds. The second-order valence-electron chi connectivity index (χ2n) is 5.60. The van der Waals surface area contributed by atoms with Crippen LogP contribution in [0.1, 0.15) is 41.5 Å². The van der Waals surface area contributed by atoms with Gasteiger partial charge in [-0.25, -0.2) is 4.79 Å². The van der Waals surface area contributed by atoms with Crippen LogP contribution in [0.25, 0.3) is 0 Å². The van der Waals surface area contributed by atoms with Gasteiger partial charge >= 0.3 is 5.97 Å². The summed E-state index contributed by atoms with van der Waals surface area (Å²) in [5.41, 5.74) is -0.970. The van der Waals surface area contributed by atoms with E-state index >= 15 is 0 Å². The van der Waals surface area contributed by atoms with Gasteiger partial charge in [-0.3, -0.25) is 0 Å². The minimum Gasteiger partial charge on any atom is -0.465 e. The highest BCUT2D eigenvalue weighted by atomic mass is 16.5. The summed E-state index contributed by atoms with van der Waals surface area (Å²) in [6.45, 7) is 13.8. The van der Waals surface area contributed by atoms with E-state index in [1.165, 1.54) is 0 Å². The molecule has 0 aliphatic heterocycles. The molecule has 0 saturated carbocycles. The van der Waals surface area contributed by atoms with Crippen LogP contribution < -0.4 is 5.32 Å². The highest BCUT2D eigenvalue weighted by Crippen LogP contribution is 2.09. The zero-order chi connectivity index (χ0) is 14.9. The van der Waals surface area contributed by atoms with Crippen molar-refractivity contribution in [3.05, 3.63) is 0 Å². The number of carbonyl (C=O) groups is 1. The van der Waals surface area contributed by atoms with E-state index in [1.54, 1.807) is 13.8 Å². The molecule has 1 N–H and O–H groups in total. The summed E-state index contributed by atoms with van der Waals surface area (Å²) in [5.74, 6) is -0.284. The molecule has 0 bridgehead atoms. The minimum absolute atomic E-state index is 0.171. The van der Waals surface area contributed by atoms with Crippen LogP contribution >= 0.6 is 0 Å². The van der Waals surface area contributed by atoms with Crippen molar-refractivity contribution in [3.8, 4) is 0 Å². The molecule has 0 aromatic rings. The van der Waals surface area contributed by atoms with Crippen molar-refractivity contribution in [3.63, 3.8) is 0 Å². The fourth-order valence-electron chi connectivity index (χ4n) is 1.55. The highest BCUT2D eigenvalue weighted by molar-refractivity contribution is 5.80. The molecular weight excluding hydrogens is 246 g/mol. The monoisotopic (exact) mass is 275 g/mol. The Balaban J connectivity index is 4.11. The number of carbonyl (C=O) groups excluding carboxylic acids is 1. The highest BCUT2D eigenvalue weighted by Gasteiger charge is 2.34. The van der Waals surface area contributed by atoms with E-state index in [1.807, 2.05) is 27.7 Å². The van der Waals surface area contributed by atoms with Crippen LogP contribution in [0.3, 0.4) is 0 Å². The summed E-state index contributed by atoms with van der Waals surface area (Å²) in [4.78, 5) is 11.9. The smallest absolute Gasteiger partial charge is 0.328 e. The third kappa shape index (κ3) is 8.18. The number of nitrogens with one attached hydrogen (secondary N) is 1. The van der Waals surface area contributed by atoms with E-state index in [-0.39, 0.29) is 18.2 Å². The summed E-state index contributed by atoms with van der Waals surface area (Å²) in [6, 6.07) is 0. The second kappa shape index (κ2) is 8.51. The Bertz CT molecular complexity index is 263. The van der Waals surface area contributed by atoms with E-state index in [0.29, 0.717) is 26.4 Å². The maximum Gasteiger partial charge on any atom is 0.328 e. The summed E-state index contributed by atoms with van der Waals surface area (Å²) in [6.07, 6.45) is 0. The zero-order valence-corrected chi connectivity index (χ0v) is 13.2. The first kappa shape index (κ1) is 18.4. The Morgan fingerprint density at radius 3 is 2.21 bits per heavy atom. The molecule has 0 radical (unpaired) electrons. The average Bonchev–Trinajstić information content (AvgIpc) is 2.27. The number of rotatable bonds is 9. The van der Waals surface area contributed by atoms with Gasteiger partial charge in [0.1, 0.15) is 5.54 Å². The Hall–Kier alpha value is -0.650. The summed E-state index contributed by atoms with van der Waals surface area (Å²) in [7, 11) is 0. The van der Waals surface area contributed by atoms with Gasteiger partial charge in [0, 0.05) is 0 Å². The molecule has 114 valence electrons. The van der Waals surface area contributed by atoms with Crippen LogP contribution in [0.4, 0.5) is 0 Å². The number of hydrogen-bond acceptors (Lipinski definition) is 5. The minimum atomic E-state index is -0.799. The second-order valence-corrected chi connectivity index (χ2v) is 5.60. The van der Waals surface area contributed by atoms with E-state index in [2.05, 4.69) is 5.32 Å². The van der Waals surface area contributed by atoms with Gasteiger partial charge in [-0.15, -0.1) is 0 Å². The molecule has 0 aromatic carbocycles. The molecule has 1 unspecified atom stereocenters. The SMILES string of the molecule is CCNC(C)(COCCOC(C)(C)C)C(=O)OCC. The topological polar surface area (TPSA) is 56.8 Å². The lowest BCUT2D eigenvalue weighted by Gasteiger charge is -2.28. The molecule has 1 atom stereocenters. The maximum absolute atomic E-state index is 11.9. The standard InChI is InChI=1S/C14H29NO4/c1-7-15-14(6,12(16)18-8-2)11-17-9-10-19-13(3,4)5/h15H,7-11H2,1-6H3. The van der Waals surface area contributed by atoms with E-state index in [4.69, 9.17) is 14.2 Å². The van der Waals surface area contributed by atoms with Gasteiger partial charge in [-0.1, -0.05) is 6.92 Å². The van der Waals surface area contributed by atoms with Crippen LogP contribution in [0.15, 0.2) is 0 Å². The van der Waals surface area contributed by atoms with Crippen molar-refractivity contribution in [2.24, 2.45) is 0 Å². The largest absolute Gasteiger partial charge is 0.465 e. The van der Waals surface area contributed by atoms with Crippen molar-refractivity contribution >= 4 is 5.97 Å². The Morgan fingerprint density at radius 1 is 1.11 bits per heavy atom. The molecule has 5 heteroatoms. The van der Waals surface area contributed by atoms with Crippen LogP contribution in [0, 0.1) is 0 Å². The van der Waals surface area contributed by atoms with Gasteiger partial charge in [0.15, 0.2) is 0 Å². The Kier molecular flexibility index (Phi) is 8.22. The fourth-order valence-corrected chi connectivity index (χ4v) is 1.55. The van der Waals surface area contributed by atoms with Crippen molar-refractivity contribution in [2.75, 3.05) is 33.0 Å². The van der Waals surface area contributed by atoms with Gasteiger partial charge in [0.25, 0.3) is 0 Å². The van der Waals surface area contributed by atoms with Gasteiger partial charge in [-0.05, 0) is 41.2 Å². The Labute approximate surface area is 117 Å². The molecule has 0 aliphatic carbocycles. The summed E-state index contributed by atoms with van der Waals surface area (Å²) in [5, 5.41) is 3.11. The molecular formula is C14H29NO4. The molecule has 0 aliphatic rings. The van der Waals surface area contributed by atoms with Crippen LogP contribution in [0.5, 0.6) is 0 Å². The van der Waals surface area contributed by atoms with Crippen LogP contribution in [-0.4, -0.2) is 50.1 Å². The van der Waals surface area contributed by atoms with Crippen molar-refractivity contribution in [1.82, 2.24) is 5.32 Å². The van der Waals surface area contributed by atoms with E-state index in [9.17, 15) is 4.79 Å².